The van der Waals surface area contributed by atoms with Crippen molar-refractivity contribution >= 4 is 6.29 Å². The maximum atomic E-state index is 14.7. The first kappa shape index (κ1) is 11.3. The van der Waals surface area contributed by atoms with Crippen molar-refractivity contribution in [1.82, 2.24) is 19.7 Å². The molecule has 0 fully saturated rings. The zero-order valence-electron chi connectivity index (χ0n) is 19.3. The SMILES string of the molecule is [2H]C([2H])([2H])C(n1ncc(F)c1-c1ncncc1COc1cccc(O)c1C=O)C([2H])([2H])[2H]. The number of carbonyl (C=O) groups excluding carboxylic acids is 1. The number of nitrogens with zero attached hydrogens (tertiary/aromatic N) is 4. The maximum absolute atomic E-state index is 14.7. The van der Waals surface area contributed by atoms with Crippen LogP contribution in [-0.2, 0) is 6.61 Å². The first-order chi connectivity index (χ1) is 14.9. The van der Waals surface area contributed by atoms with Crippen LogP contribution in [0.25, 0.3) is 11.4 Å². The van der Waals surface area contributed by atoms with Crippen LogP contribution in [0.4, 0.5) is 4.39 Å². The van der Waals surface area contributed by atoms with Gasteiger partial charge in [-0.15, -0.1) is 0 Å². The van der Waals surface area contributed by atoms with Gasteiger partial charge in [-0.05, 0) is 25.8 Å². The topological polar surface area (TPSA) is 90.1 Å². The summed E-state index contributed by atoms with van der Waals surface area (Å²) < 4.78 is 66.7. The number of benzene rings is 1. The second-order valence-electron chi connectivity index (χ2n) is 5.18. The predicted octanol–water partition coefficient (Wildman–Crippen LogP) is 3.16. The molecular weight excluding hydrogens is 339 g/mol. The fourth-order valence-electron chi connectivity index (χ4n) is 2.37. The van der Waals surface area contributed by atoms with Crippen LogP contribution in [0, 0.1) is 5.82 Å². The van der Waals surface area contributed by atoms with Gasteiger partial charge in [0.2, 0.25) is 0 Å². The average molecular weight is 362 g/mol. The smallest absolute Gasteiger partial charge is 0.170 e. The summed E-state index contributed by atoms with van der Waals surface area (Å²) in [6.07, 6.45) is 3.44. The van der Waals surface area contributed by atoms with Crippen LogP contribution < -0.4 is 4.74 Å². The Morgan fingerprint density at radius 1 is 1.42 bits per heavy atom. The number of hydrogen-bond donors (Lipinski definition) is 1. The second kappa shape index (κ2) is 7.30. The Morgan fingerprint density at radius 3 is 3.04 bits per heavy atom. The van der Waals surface area contributed by atoms with Gasteiger partial charge < -0.3 is 9.84 Å². The van der Waals surface area contributed by atoms with Crippen LogP contribution >= 0.6 is 0 Å². The van der Waals surface area contributed by atoms with Gasteiger partial charge in [0.1, 0.15) is 35.8 Å². The van der Waals surface area contributed by atoms with Crippen molar-refractivity contribution < 1.29 is 27.3 Å². The molecule has 3 aromatic rings. The molecule has 0 saturated carbocycles. The predicted molar refractivity (Wildman–Crippen MR) is 91.4 cm³/mol. The van der Waals surface area contributed by atoms with Gasteiger partial charge in [-0.3, -0.25) is 9.48 Å². The molecule has 2 aromatic heterocycles. The van der Waals surface area contributed by atoms with E-state index < -0.39 is 31.3 Å². The molecule has 1 aromatic carbocycles. The number of ether oxygens (including phenoxy) is 1. The van der Waals surface area contributed by atoms with E-state index in [9.17, 15) is 14.3 Å². The third kappa shape index (κ3) is 3.26. The number of halogens is 1. The van der Waals surface area contributed by atoms with E-state index in [4.69, 9.17) is 13.0 Å². The minimum absolute atomic E-state index is 0.0339. The Bertz CT molecular complexity index is 1120. The summed E-state index contributed by atoms with van der Waals surface area (Å²) in [6.45, 7) is -6.36. The fraction of sp³-hybridized carbons (Fsp3) is 0.222. The van der Waals surface area contributed by atoms with E-state index in [1.807, 2.05) is 0 Å². The molecule has 0 aliphatic carbocycles. The van der Waals surface area contributed by atoms with Crippen LogP contribution in [0.2, 0.25) is 0 Å². The summed E-state index contributed by atoms with van der Waals surface area (Å²) >= 11 is 0. The van der Waals surface area contributed by atoms with Crippen LogP contribution in [0.5, 0.6) is 11.5 Å². The largest absolute Gasteiger partial charge is 0.507 e. The Labute approximate surface area is 157 Å². The van der Waals surface area contributed by atoms with Crippen molar-refractivity contribution in [3.8, 4) is 22.9 Å². The van der Waals surface area contributed by atoms with Gasteiger partial charge in [-0.2, -0.15) is 5.10 Å². The van der Waals surface area contributed by atoms with Crippen LogP contribution in [0.3, 0.4) is 0 Å². The standard InChI is InChI=1S/C18H17FN4O3/c1-11(2)23-18(14(19)7-22-23)17-12(6-20-10-21-17)9-26-16-5-3-4-15(25)13(16)8-24/h3-8,10-11,25H,9H2,1-2H3/i1D3,2D3. The molecule has 0 amide bonds. The van der Waals surface area contributed by atoms with Crippen molar-refractivity contribution in [2.75, 3.05) is 0 Å². The van der Waals surface area contributed by atoms with Gasteiger partial charge in [-0.1, -0.05) is 6.07 Å². The van der Waals surface area contributed by atoms with Crippen molar-refractivity contribution in [2.24, 2.45) is 0 Å². The Hall–Kier alpha value is -3.29. The fourth-order valence-corrected chi connectivity index (χ4v) is 2.37. The van der Waals surface area contributed by atoms with Crippen molar-refractivity contribution in [2.45, 2.75) is 26.4 Å². The minimum atomic E-state index is -3.03. The van der Waals surface area contributed by atoms with E-state index >= 15 is 0 Å². The highest BCUT2D eigenvalue weighted by Gasteiger charge is 2.20. The summed E-state index contributed by atoms with van der Waals surface area (Å²) in [6, 6.07) is 2.04. The third-order valence-corrected chi connectivity index (χ3v) is 3.55. The Kier molecular flexibility index (Phi) is 3.19. The molecule has 26 heavy (non-hydrogen) atoms. The molecule has 0 bridgehead atoms. The maximum Gasteiger partial charge on any atom is 0.170 e. The molecule has 1 N–H and O–H groups in total. The molecule has 0 aliphatic heterocycles. The molecule has 0 atom stereocenters. The molecule has 0 radical (unpaired) electrons. The number of aldehydes is 1. The van der Waals surface area contributed by atoms with E-state index in [0.717, 1.165) is 6.33 Å². The van der Waals surface area contributed by atoms with Gasteiger partial charge in [-0.25, -0.2) is 14.4 Å². The first-order valence-electron chi connectivity index (χ1n) is 10.4. The number of aromatic hydroxyl groups is 1. The number of phenolic OH excluding ortho intramolecular Hbond substituents is 1. The number of carbonyl (C=O) groups is 1. The number of aromatic nitrogens is 4. The quantitative estimate of drug-likeness (QED) is 0.678. The molecule has 0 aliphatic rings. The molecule has 0 saturated heterocycles. The van der Waals surface area contributed by atoms with Gasteiger partial charge in [0, 0.05) is 26.0 Å². The van der Waals surface area contributed by atoms with Gasteiger partial charge in [0.25, 0.3) is 0 Å². The van der Waals surface area contributed by atoms with Crippen molar-refractivity contribution in [1.29, 1.82) is 0 Å². The van der Waals surface area contributed by atoms with Gasteiger partial charge >= 0.3 is 0 Å². The monoisotopic (exact) mass is 362 g/mol. The Balaban J connectivity index is 2.06. The zero-order chi connectivity index (χ0) is 23.7. The number of rotatable bonds is 6. The highest BCUT2D eigenvalue weighted by atomic mass is 19.1. The second-order valence-corrected chi connectivity index (χ2v) is 5.18. The average Bonchev–Trinajstić information content (AvgIpc) is 3.04. The summed E-state index contributed by atoms with van der Waals surface area (Å²) in [5, 5.41) is 13.4. The number of hydrogen-bond acceptors (Lipinski definition) is 6. The highest BCUT2D eigenvalue weighted by Crippen LogP contribution is 2.29. The van der Waals surface area contributed by atoms with Gasteiger partial charge in [0.15, 0.2) is 12.1 Å². The lowest BCUT2D eigenvalue weighted by Crippen LogP contribution is -2.09. The summed E-state index contributed by atoms with van der Waals surface area (Å²) in [5.74, 6) is -1.26. The molecular formula is C18H17FN4O3. The van der Waals surface area contributed by atoms with Crippen molar-refractivity contribution in [3.63, 3.8) is 0 Å². The molecule has 8 heteroatoms. The molecule has 0 spiro atoms. The lowest BCUT2D eigenvalue weighted by Gasteiger charge is -2.14. The molecule has 2 heterocycles. The van der Waals surface area contributed by atoms with E-state index in [-0.39, 0.29) is 34.9 Å². The molecule has 7 nitrogen and oxygen atoms in total. The van der Waals surface area contributed by atoms with E-state index in [1.165, 1.54) is 24.4 Å². The summed E-state index contributed by atoms with van der Waals surface area (Å²) in [7, 11) is 0. The summed E-state index contributed by atoms with van der Waals surface area (Å²) in [5.41, 5.74) is -0.550. The number of phenols is 1. The Morgan fingerprint density at radius 2 is 2.27 bits per heavy atom. The molecule has 0 unspecified atom stereocenters. The van der Waals surface area contributed by atoms with Crippen LogP contribution in [-0.4, -0.2) is 31.1 Å². The minimum Gasteiger partial charge on any atom is -0.507 e. The normalized spacial score (nSPS) is 15.3. The van der Waals surface area contributed by atoms with Crippen LogP contribution in [0.15, 0.2) is 36.9 Å². The lowest BCUT2D eigenvalue weighted by molar-refractivity contribution is 0.111. The molecule has 3 rings (SSSR count). The first-order valence-corrected chi connectivity index (χ1v) is 7.37. The van der Waals surface area contributed by atoms with E-state index in [0.29, 0.717) is 17.2 Å². The molecule has 134 valence electrons. The van der Waals surface area contributed by atoms with E-state index in [2.05, 4.69) is 15.1 Å². The summed E-state index contributed by atoms with van der Waals surface area (Å²) in [4.78, 5) is 19.1. The van der Waals surface area contributed by atoms with E-state index in [1.54, 1.807) is 0 Å². The third-order valence-electron chi connectivity index (χ3n) is 3.55. The van der Waals surface area contributed by atoms with Crippen molar-refractivity contribution in [3.05, 3.63) is 53.9 Å². The van der Waals surface area contributed by atoms with Gasteiger partial charge in [0.05, 0.1) is 11.8 Å². The van der Waals surface area contributed by atoms with Crippen LogP contribution in [0.1, 0.15) is 43.9 Å². The highest BCUT2D eigenvalue weighted by molar-refractivity contribution is 5.83. The lowest BCUT2D eigenvalue weighted by atomic mass is 10.1. The zero-order valence-corrected chi connectivity index (χ0v) is 13.3.